The van der Waals surface area contributed by atoms with Gasteiger partial charge in [0, 0.05) is 29.1 Å². The van der Waals surface area contributed by atoms with E-state index >= 15 is 0 Å². The fourth-order valence-corrected chi connectivity index (χ4v) is 2.08. The molecule has 0 saturated heterocycles. The molecule has 0 bridgehead atoms. The summed E-state index contributed by atoms with van der Waals surface area (Å²) in [6, 6.07) is 8.01. The third-order valence-corrected chi connectivity index (χ3v) is 3.60. The summed E-state index contributed by atoms with van der Waals surface area (Å²) in [4.78, 5) is 38.8. The summed E-state index contributed by atoms with van der Waals surface area (Å²) < 4.78 is 37.5. The number of rotatable bonds is 5. The standard InChI is InChI=1S/C19H16F3N3O3/c1-11(18(28)24-15-6-3-13(4-7-15)12(2)26)9-17(27)25-16-8-5-14(10-23-16)19(20,21)22/h3-10H,1-2H3,(H,24,28)(H,23,25,27)/b11-9-. The number of amides is 2. The van der Waals surface area contributed by atoms with E-state index in [2.05, 4.69) is 15.6 Å². The zero-order valence-corrected chi connectivity index (χ0v) is 14.9. The van der Waals surface area contributed by atoms with Gasteiger partial charge in [-0.3, -0.25) is 14.4 Å². The van der Waals surface area contributed by atoms with Gasteiger partial charge in [-0.05, 0) is 50.2 Å². The van der Waals surface area contributed by atoms with Crippen LogP contribution >= 0.6 is 0 Å². The lowest BCUT2D eigenvalue weighted by Crippen LogP contribution is -2.16. The molecule has 0 atom stereocenters. The van der Waals surface area contributed by atoms with Gasteiger partial charge >= 0.3 is 6.18 Å². The van der Waals surface area contributed by atoms with Crippen LogP contribution in [0.3, 0.4) is 0 Å². The van der Waals surface area contributed by atoms with Crippen LogP contribution in [0.15, 0.2) is 54.2 Å². The minimum absolute atomic E-state index is 0.0695. The van der Waals surface area contributed by atoms with Crippen molar-refractivity contribution in [3.05, 3.63) is 65.4 Å². The minimum Gasteiger partial charge on any atom is -0.322 e. The number of nitrogens with one attached hydrogen (secondary N) is 2. The van der Waals surface area contributed by atoms with Crippen molar-refractivity contribution in [2.45, 2.75) is 20.0 Å². The van der Waals surface area contributed by atoms with Crippen molar-refractivity contribution in [3.63, 3.8) is 0 Å². The average Bonchev–Trinajstić information content (AvgIpc) is 2.61. The van der Waals surface area contributed by atoms with Crippen LogP contribution in [0, 0.1) is 0 Å². The molecule has 146 valence electrons. The van der Waals surface area contributed by atoms with Crippen molar-refractivity contribution in [1.82, 2.24) is 4.98 Å². The lowest BCUT2D eigenvalue weighted by Gasteiger charge is -2.08. The fourth-order valence-electron chi connectivity index (χ4n) is 2.08. The highest BCUT2D eigenvalue weighted by Crippen LogP contribution is 2.28. The fraction of sp³-hybridized carbons (Fsp3) is 0.158. The topological polar surface area (TPSA) is 88.2 Å². The largest absolute Gasteiger partial charge is 0.417 e. The van der Waals surface area contributed by atoms with Crippen molar-refractivity contribution in [2.24, 2.45) is 0 Å². The molecule has 2 aromatic rings. The van der Waals surface area contributed by atoms with E-state index in [1.165, 1.54) is 13.8 Å². The Labute approximate surface area is 158 Å². The van der Waals surface area contributed by atoms with E-state index in [9.17, 15) is 27.6 Å². The molecule has 2 amide bonds. The summed E-state index contributed by atoms with van der Waals surface area (Å²) in [6.45, 7) is 2.82. The number of benzene rings is 1. The normalized spacial score (nSPS) is 11.7. The Kier molecular flexibility index (Phi) is 6.29. The number of hydrogen-bond donors (Lipinski definition) is 2. The van der Waals surface area contributed by atoms with E-state index in [4.69, 9.17) is 0 Å². The molecule has 0 aliphatic heterocycles. The van der Waals surface area contributed by atoms with Crippen LogP contribution in [0.2, 0.25) is 0 Å². The van der Waals surface area contributed by atoms with Crippen LogP contribution in [0.1, 0.15) is 29.8 Å². The van der Waals surface area contributed by atoms with Gasteiger partial charge < -0.3 is 10.6 Å². The highest BCUT2D eigenvalue weighted by atomic mass is 19.4. The summed E-state index contributed by atoms with van der Waals surface area (Å²) in [7, 11) is 0. The highest BCUT2D eigenvalue weighted by Gasteiger charge is 2.30. The molecule has 0 saturated carbocycles. The molecule has 0 fully saturated rings. The number of carbonyl (C=O) groups is 3. The van der Waals surface area contributed by atoms with Crippen molar-refractivity contribution >= 4 is 29.1 Å². The van der Waals surface area contributed by atoms with Crippen molar-refractivity contribution in [1.29, 1.82) is 0 Å². The number of anilines is 2. The molecule has 0 aliphatic rings. The van der Waals surface area contributed by atoms with Crippen molar-refractivity contribution in [2.75, 3.05) is 10.6 Å². The van der Waals surface area contributed by atoms with Gasteiger partial charge in [-0.2, -0.15) is 13.2 Å². The van der Waals surface area contributed by atoms with E-state index in [1.54, 1.807) is 24.3 Å². The third kappa shape index (κ3) is 5.76. The maximum absolute atomic E-state index is 12.5. The van der Waals surface area contributed by atoms with E-state index in [1.807, 2.05) is 0 Å². The Bertz CT molecular complexity index is 918. The number of hydrogen-bond acceptors (Lipinski definition) is 4. The van der Waals surface area contributed by atoms with Gasteiger partial charge in [0.1, 0.15) is 5.82 Å². The van der Waals surface area contributed by atoms with Crippen LogP contribution in [0.4, 0.5) is 24.7 Å². The Morgan fingerprint density at radius 1 is 0.964 bits per heavy atom. The van der Waals surface area contributed by atoms with E-state index in [0.717, 1.165) is 18.2 Å². The number of Topliss-reactive ketones (excluding diaryl/α,β-unsaturated/α-hetero) is 1. The first-order chi connectivity index (χ1) is 13.1. The quantitative estimate of drug-likeness (QED) is 0.599. The van der Waals surface area contributed by atoms with E-state index in [0.29, 0.717) is 17.4 Å². The molecule has 1 aromatic carbocycles. The van der Waals surface area contributed by atoms with Gasteiger partial charge in [0.25, 0.3) is 5.91 Å². The zero-order chi connectivity index (χ0) is 20.9. The summed E-state index contributed by atoms with van der Waals surface area (Å²) >= 11 is 0. The van der Waals surface area contributed by atoms with Crippen LogP contribution in [-0.2, 0) is 15.8 Å². The molecular formula is C19H16F3N3O3. The molecule has 28 heavy (non-hydrogen) atoms. The summed E-state index contributed by atoms with van der Waals surface area (Å²) in [6.07, 6.45) is -2.92. The SMILES string of the molecule is CC(=O)c1ccc(NC(=O)/C(C)=C\C(=O)Nc2ccc(C(F)(F)F)cn2)cc1. The van der Waals surface area contributed by atoms with Crippen LogP contribution < -0.4 is 10.6 Å². The minimum atomic E-state index is -4.52. The summed E-state index contributed by atoms with van der Waals surface area (Å²) in [5, 5.41) is 4.84. The molecule has 0 spiro atoms. The van der Waals surface area contributed by atoms with Crippen molar-refractivity contribution < 1.29 is 27.6 Å². The third-order valence-electron chi connectivity index (χ3n) is 3.60. The number of pyridine rings is 1. The maximum atomic E-state index is 12.5. The first-order valence-electron chi connectivity index (χ1n) is 8.01. The Morgan fingerprint density at radius 2 is 1.61 bits per heavy atom. The average molecular weight is 391 g/mol. The number of aromatic nitrogens is 1. The second-order valence-corrected chi connectivity index (χ2v) is 5.83. The smallest absolute Gasteiger partial charge is 0.322 e. The molecule has 1 aromatic heterocycles. The van der Waals surface area contributed by atoms with Gasteiger partial charge in [-0.15, -0.1) is 0 Å². The molecule has 2 N–H and O–H groups in total. The van der Waals surface area contributed by atoms with Gasteiger partial charge in [0.05, 0.1) is 5.56 Å². The first kappa shape index (κ1) is 20.8. The number of carbonyl (C=O) groups excluding carboxylic acids is 3. The molecule has 0 aliphatic carbocycles. The highest BCUT2D eigenvalue weighted by molar-refractivity contribution is 6.09. The predicted molar refractivity (Wildman–Crippen MR) is 96.7 cm³/mol. The molecule has 1 heterocycles. The second-order valence-electron chi connectivity index (χ2n) is 5.83. The maximum Gasteiger partial charge on any atom is 0.417 e. The lowest BCUT2D eigenvalue weighted by molar-refractivity contribution is -0.137. The molecule has 6 nitrogen and oxygen atoms in total. The first-order valence-corrected chi connectivity index (χ1v) is 8.01. The number of halogens is 3. The molecule has 0 unspecified atom stereocenters. The Balaban J connectivity index is 1.98. The molecule has 2 rings (SSSR count). The van der Waals surface area contributed by atoms with Gasteiger partial charge in [0.15, 0.2) is 5.78 Å². The van der Waals surface area contributed by atoms with Crippen LogP contribution in [0.25, 0.3) is 0 Å². The molecule has 9 heteroatoms. The van der Waals surface area contributed by atoms with Gasteiger partial charge in [-0.1, -0.05) is 0 Å². The van der Waals surface area contributed by atoms with Gasteiger partial charge in [0.2, 0.25) is 5.91 Å². The van der Waals surface area contributed by atoms with Crippen LogP contribution in [-0.4, -0.2) is 22.6 Å². The van der Waals surface area contributed by atoms with Gasteiger partial charge in [-0.25, -0.2) is 4.98 Å². The zero-order valence-electron chi connectivity index (χ0n) is 14.9. The predicted octanol–water partition coefficient (Wildman–Crippen LogP) is 3.83. The second kappa shape index (κ2) is 8.47. The van der Waals surface area contributed by atoms with Crippen molar-refractivity contribution in [3.8, 4) is 0 Å². The lowest BCUT2D eigenvalue weighted by atomic mass is 10.1. The number of alkyl halides is 3. The summed E-state index contributed by atoms with van der Waals surface area (Å²) in [5.74, 6) is -1.46. The van der Waals surface area contributed by atoms with E-state index in [-0.39, 0.29) is 17.2 Å². The molecular weight excluding hydrogens is 375 g/mol. The summed E-state index contributed by atoms with van der Waals surface area (Å²) in [5.41, 5.74) is 0.0636. The Morgan fingerprint density at radius 3 is 2.11 bits per heavy atom. The van der Waals surface area contributed by atoms with E-state index < -0.39 is 23.6 Å². The monoisotopic (exact) mass is 391 g/mol. The molecule has 0 radical (unpaired) electrons. The number of nitrogens with zero attached hydrogens (tertiary/aromatic N) is 1. The number of ketones is 1. The Hall–Kier alpha value is -3.49. The van der Waals surface area contributed by atoms with Crippen LogP contribution in [0.5, 0.6) is 0 Å².